The van der Waals surface area contributed by atoms with Crippen LogP contribution in [0.3, 0.4) is 0 Å². The Hall–Kier alpha value is -2.68. The molecule has 2 heterocycles. The third kappa shape index (κ3) is 4.37. The molecule has 31 heavy (non-hydrogen) atoms. The summed E-state index contributed by atoms with van der Waals surface area (Å²) in [5, 5.41) is 10.7. The second kappa shape index (κ2) is 9.21. The van der Waals surface area contributed by atoms with E-state index in [1.807, 2.05) is 22.8 Å². The zero-order chi connectivity index (χ0) is 22.0. The minimum Gasteiger partial charge on any atom is -0.497 e. The van der Waals surface area contributed by atoms with Gasteiger partial charge in [-0.15, -0.1) is 28.1 Å². The monoisotopic (exact) mass is 473 g/mol. The molecule has 9 heteroatoms. The highest BCUT2D eigenvalue weighted by Gasteiger charge is 2.21. The first kappa shape index (κ1) is 21.5. The molecule has 0 spiro atoms. The van der Waals surface area contributed by atoms with Crippen LogP contribution in [-0.2, 0) is 6.54 Å². The number of thioether (sulfide) groups is 1. The summed E-state index contributed by atoms with van der Waals surface area (Å²) in [4.78, 5) is 13.2. The Morgan fingerprint density at radius 2 is 2.06 bits per heavy atom. The first-order valence-corrected chi connectivity index (χ1v) is 11.4. The molecule has 4 rings (SSSR count). The summed E-state index contributed by atoms with van der Waals surface area (Å²) in [5.74, 6) is 1.02. The highest BCUT2D eigenvalue weighted by molar-refractivity contribution is 7.99. The Kier molecular flexibility index (Phi) is 6.41. The van der Waals surface area contributed by atoms with Gasteiger partial charge in [0.2, 0.25) is 0 Å². The Morgan fingerprint density at radius 1 is 1.29 bits per heavy atom. The van der Waals surface area contributed by atoms with E-state index in [2.05, 4.69) is 16.8 Å². The van der Waals surface area contributed by atoms with Gasteiger partial charge >= 0.3 is 0 Å². The van der Waals surface area contributed by atoms with E-state index in [0.29, 0.717) is 28.1 Å². The van der Waals surface area contributed by atoms with E-state index in [4.69, 9.17) is 16.3 Å². The van der Waals surface area contributed by atoms with Crippen LogP contribution < -0.4 is 4.74 Å². The highest BCUT2D eigenvalue weighted by Crippen LogP contribution is 2.43. The van der Waals surface area contributed by atoms with Crippen molar-refractivity contribution in [3.05, 3.63) is 71.5 Å². The number of carbonyl (C=O) groups excluding carboxylic acids is 1. The number of allylic oxidation sites excluding steroid dienone is 1. The molecule has 5 nitrogen and oxygen atoms in total. The maximum Gasteiger partial charge on any atom is 0.192 e. The number of aromatic nitrogens is 3. The van der Waals surface area contributed by atoms with Crippen LogP contribution in [0.5, 0.6) is 5.75 Å². The van der Waals surface area contributed by atoms with Crippen LogP contribution in [0, 0.1) is 5.82 Å². The van der Waals surface area contributed by atoms with Crippen LogP contribution >= 0.6 is 34.7 Å². The predicted octanol–water partition coefficient (Wildman–Crippen LogP) is 6.12. The molecule has 0 unspecified atom stereocenters. The third-order valence-corrected chi connectivity index (χ3v) is 7.19. The van der Waals surface area contributed by atoms with Crippen molar-refractivity contribution in [1.82, 2.24) is 14.8 Å². The van der Waals surface area contributed by atoms with Crippen molar-refractivity contribution in [2.24, 2.45) is 0 Å². The minimum absolute atomic E-state index is 0.119. The number of ketones is 1. The second-order valence-electron chi connectivity index (χ2n) is 6.53. The van der Waals surface area contributed by atoms with Gasteiger partial charge in [0.1, 0.15) is 11.6 Å². The molecule has 0 aliphatic carbocycles. The summed E-state index contributed by atoms with van der Waals surface area (Å²) >= 11 is 9.43. The van der Waals surface area contributed by atoms with Crippen molar-refractivity contribution in [3.8, 4) is 16.5 Å². The van der Waals surface area contributed by atoms with E-state index in [9.17, 15) is 9.18 Å². The lowest BCUT2D eigenvalue weighted by Gasteiger charge is -2.07. The molecule has 0 bridgehead atoms. The van der Waals surface area contributed by atoms with Gasteiger partial charge in [0.15, 0.2) is 16.8 Å². The molecule has 2 aromatic carbocycles. The topological polar surface area (TPSA) is 57.0 Å². The molecule has 0 aliphatic rings. The smallest absolute Gasteiger partial charge is 0.192 e. The number of hydrogen-bond acceptors (Lipinski definition) is 6. The number of carbonyl (C=O) groups is 1. The maximum atomic E-state index is 13.1. The Bertz CT molecular complexity index is 1270. The van der Waals surface area contributed by atoms with Gasteiger partial charge in [-0.2, -0.15) is 0 Å². The molecule has 0 amide bonds. The number of methoxy groups -OCH3 is 1. The molecule has 4 aromatic rings. The van der Waals surface area contributed by atoms with Crippen LogP contribution in [0.1, 0.15) is 10.4 Å². The minimum atomic E-state index is -0.377. The summed E-state index contributed by atoms with van der Waals surface area (Å²) in [6.45, 7) is 4.28. The number of thiophene rings is 1. The molecule has 158 valence electrons. The fraction of sp³-hybridized carbons (Fsp3) is 0.136. The maximum absolute atomic E-state index is 13.1. The number of benzene rings is 2. The summed E-state index contributed by atoms with van der Waals surface area (Å²) in [6.07, 6.45) is 1.74. The zero-order valence-electron chi connectivity index (χ0n) is 16.5. The molecule has 0 radical (unpaired) electrons. The fourth-order valence-corrected chi connectivity index (χ4v) is 5.40. The molecule has 0 saturated heterocycles. The molecule has 0 fully saturated rings. The fourth-order valence-electron chi connectivity index (χ4n) is 3.02. The largest absolute Gasteiger partial charge is 0.497 e. The number of halogens is 2. The van der Waals surface area contributed by atoms with Crippen molar-refractivity contribution in [2.75, 3.05) is 12.9 Å². The first-order chi connectivity index (χ1) is 15.0. The molecule has 0 N–H and O–H groups in total. The van der Waals surface area contributed by atoms with E-state index >= 15 is 0 Å². The van der Waals surface area contributed by atoms with E-state index < -0.39 is 0 Å². The van der Waals surface area contributed by atoms with Crippen LogP contribution in [-0.4, -0.2) is 33.4 Å². The summed E-state index contributed by atoms with van der Waals surface area (Å²) in [7, 11) is 1.62. The van der Waals surface area contributed by atoms with E-state index in [-0.39, 0.29) is 17.4 Å². The van der Waals surface area contributed by atoms with E-state index in [0.717, 1.165) is 20.7 Å². The lowest BCUT2D eigenvalue weighted by molar-refractivity contribution is 0.102. The van der Waals surface area contributed by atoms with Gasteiger partial charge in [-0.1, -0.05) is 29.4 Å². The standard InChI is InChI=1S/C22H17ClFN3O2S2/c1-3-10-27-21(20-19(23)16-9-8-15(29-2)11-18(16)31-20)25-26-22(27)30-12-17(28)13-4-6-14(24)7-5-13/h3-9,11H,1,10,12H2,2H3. The van der Waals surface area contributed by atoms with E-state index in [1.54, 1.807) is 13.2 Å². The lowest BCUT2D eigenvalue weighted by Crippen LogP contribution is -2.05. The summed E-state index contributed by atoms with van der Waals surface area (Å²) < 4.78 is 21.3. The number of fused-ring (bicyclic) bond motifs is 1. The van der Waals surface area contributed by atoms with Crippen LogP contribution in [0.15, 0.2) is 60.3 Å². The van der Waals surface area contributed by atoms with Crippen LogP contribution in [0.2, 0.25) is 5.02 Å². The molecule has 0 aliphatic heterocycles. The van der Waals surface area contributed by atoms with Crippen molar-refractivity contribution in [1.29, 1.82) is 0 Å². The first-order valence-electron chi connectivity index (χ1n) is 9.24. The number of rotatable bonds is 8. The Balaban J connectivity index is 1.64. The Labute approximate surface area is 191 Å². The molecular formula is C22H17ClFN3O2S2. The van der Waals surface area contributed by atoms with Crippen molar-refractivity contribution >= 4 is 50.6 Å². The highest BCUT2D eigenvalue weighted by atomic mass is 35.5. The SMILES string of the molecule is C=CCn1c(SCC(=O)c2ccc(F)cc2)nnc1-c1sc2cc(OC)ccc2c1Cl. The average Bonchev–Trinajstić information content (AvgIpc) is 3.32. The third-order valence-electron chi connectivity index (χ3n) is 4.57. The van der Waals surface area contributed by atoms with Gasteiger partial charge in [0, 0.05) is 22.2 Å². The van der Waals surface area contributed by atoms with E-state index in [1.165, 1.54) is 47.4 Å². The van der Waals surface area contributed by atoms with Crippen molar-refractivity contribution in [3.63, 3.8) is 0 Å². The summed E-state index contributed by atoms with van der Waals surface area (Å²) in [5.41, 5.74) is 0.449. The predicted molar refractivity (Wildman–Crippen MR) is 124 cm³/mol. The van der Waals surface area contributed by atoms with Gasteiger partial charge in [0.05, 0.1) is 22.8 Å². The summed E-state index contributed by atoms with van der Waals surface area (Å²) in [6, 6.07) is 11.2. The Morgan fingerprint density at radius 3 is 2.77 bits per heavy atom. The zero-order valence-corrected chi connectivity index (χ0v) is 18.9. The van der Waals surface area contributed by atoms with Gasteiger partial charge in [0.25, 0.3) is 0 Å². The molecule has 0 atom stereocenters. The molecular weight excluding hydrogens is 457 g/mol. The molecule has 0 saturated carbocycles. The van der Waals surface area contributed by atoms with Gasteiger partial charge < -0.3 is 4.74 Å². The number of Topliss-reactive ketones (excluding diaryl/α,β-unsaturated/α-hetero) is 1. The average molecular weight is 474 g/mol. The van der Waals surface area contributed by atoms with Crippen molar-refractivity contribution in [2.45, 2.75) is 11.7 Å². The number of ether oxygens (including phenoxy) is 1. The normalized spacial score (nSPS) is 11.1. The quantitative estimate of drug-likeness (QED) is 0.175. The van der Waals surface area contributed by atoms with Gasteiger partial charge in [-0.3, -0.25) is 9.36 Å². The van der Waals surface area contributed by atoms with Gasteiger partial charge in [-0.25, -0.2) is 4.39 Å². The molecule has 2 aromatic heterocycles. The van der Waals surface area contributed by atoms with Gasteiger partial charge in [-0.05, 0) is 42.5 Å². The second-order valence-corrected chi connectivity index (χ2v) is 8.90. The lowest BCUT2D eigenvalue weighted by atomic mass is 10.1. The van der Waals surface area contributed by atoms with Crippen molar-refractivity contribution < 1.29 is 13.9 Å². The van der Waals surface area contributed by atoms with Crippen LogP contribution in [0.25, 0.3) is 20.8 Å². The van der Waals surface area contributed by atoms with Crippen LogP contribution in [0.4, 0.5) is 4.39 Å². The number of hydrogen-bond donors (Lipinski definition) is 0. The number of nitrogens with zero attached hydrogens (tertiary/aromatic N) is 3.